The zero-order chi connectivity index (χ0) is 22.1. The van der Waals surface area contributed by atoms with Crippen molar-refractivity contribution in [3.05, 3.63) is 82.3 Å². The van der Waals surface area contributed by atoms with E-state index in [0.29, 0.717) is 24.0 Å². The highest BCUT2D eigenvalue weighted by Gasteiger charge is 2.44. The number of nitrogens with one attached hydrogen (secondary N) is 1. The fraction of sp³-hybridized carbons (Fsp3) is 0.261. The van der Waals surface area contributed by atoms with E-state index in [1.807, 2.05) is 6.07 Å². The van der Waals surface area contributed by atoms with E-state index in [9.17, 15) is 22.8 Å². The molecule has 160 valence electrons. The van der Waals surface area contributed by atoms with Crippen molar-refractivity contribution in [1.29, 1.82) is 0 Å². The second kappa shape index (κ2) is 8.02. The Hall–Kier alpha value is -3.42. The summed E-state index contributed by atoms with van der Waals surface area (Å²) in [6.45, 7) is 0. The van der Waals surface area contributed by atoms with E-state index in [4.69, 9.17) is 0 Å². The number of hydrogen-bond acceptors (Lipinski definition) is 4. The fourth-order valence-corrected chi connectivity index (χ4v) is 3.99. The smallest absolute Gasteiger partial charge is 0.405 e. The number of alkyl halides is 3. The molecule has 0 amide bonds. The predicted molar refractivity (Wildman–Crippen MR) is 108 cm³/mol. The van der Waals surface area contributed by atoms with E-state index in [1.165, 1.54) is 12.1 Å². The van der Waals surface area contributed by atoms with Gasteiger partial charge in [-0.05, 0) is 18.9 Å². The van der Waals surface area contributed by atoms with E-state index >= 15 is 0 Å². The molecule has 0 atom stereocenters. The van der Waals surface area contributed by atoms with Gasteiger partial charge in [-0.15, -0.1) is 13.2 Å². The van der Waals surface area contributed by atoms with Crippen molar-refractivity contribution in [3.8, 4) is 17.1 Å². The van der Waals surface area contributed by atoms with Crippen LogP contribution < -0.4 is 10.3 Å². The Morgan fingerprint density at radius 2 is 1.74 bits per heavy atom. The Bertz CT molecular complexity index is 1150. The Kier molecular flexibility index (Phi) is 5.39. The number of aromatic nitrogens is 2. The second-order valence-corrected chi connectivity index (χ2v) is 7.62. The molecule has 1 aliphatic rings. The highest BCUT2D eigenvalue weighted by Crippen LogP contribution is 2.50. The molecular weight excluding hydrogens is 409 g/mol. The summed E-state index contributed by atoms with van der Waals surface area (Å²) in [6, 6.07) is 15.9. The van der Waals surface area contributed by atoms with Crippen LogP contribution in [0.25, 0.3) is 11.4 Å². The van der Waals surface area contributed by atoms with Gasteiger partial charge in [-0.3, -0.25) is 9.59 Å². The summed E-state index contributed by atoms with van der Waals surface area (Å²) in [5, 5.41) is 0. The van der Waals surface area contributed by atoms with Gasteiger partial charge in [-0.25, -0.2) is 4.98 Å². The van der Waals surface area contributed by atoms with Crippen molar-refractivity contribution < 1.29 is 22.7 Å². The van der Waals surface area contributed by atoms with E-state index in [1.54, 1.807) is 36.4 Å². The number of ether oxygens (including phenoxy) is 1. The number of aromatic amines is 1. The third-order valence-corrected chi connectivity index (χ3v) is 5.57. The van der Waals surface area contributed by atoms with Gasteiger partial charge in [-0.2, -0.15) is 0 Å². The van der Waals surface area contributed by atoms with E-state index in [0.717, 1.165) is 12.5 Å². The minimum absolute atomic E-state index is 0.0110. The molecule has 1 aliphatic carbocycles. The molecule has 8 heteroatoms. The first-order valence-electron chi connectivity index (χ1n) is 9.81. The Morgan fingerprint density at radius 3 is 2.39 bits per heavy atom. The van der Waals surface area contributed by atoms with Gasteiger partial charge in [0.1, 0.15) is 17.3 Å². The van der Waals surface area contributed by atoms with Gasteiger partial charge in [0.2, 0.25) is 0 Å². The molecule has 0 spiro atoms. The Labute approximate surface area is 175 Å². The highest BCUT2D eigenvalue weighted by atomic mass is 19.4. The van der Waals surface area contributed by atoms with Crippen LogP contribution in [0.2, 0.25) is 0 Å². The summed E-state index contributed by atoms with van der Waals surface area (Å²) in [4.78, 5) is 32.1. The number of rotatable bonds is 6. The zero-order valence-corrected chi connectivity index (χ0v) is 16.4. The molecule has 3 aromatic rings. The molecule has 1 fully saturated rings. The number of nitrogens with zero attached hydrogens (tertiary/aromatic N) is 1. The molecule has 0 radical (unpaired) electrons. The predicted octanol–water partition coefficient (Wildman–Crippen LogP) is 5.03. The van der Waals surface area contributed by atoms with Crippen LogP contribution in [0.4, 0.5) is 13.2 Å². The lowest BCUT2D eigenvalue weighted by molar-refractivity contribution is -0.275. The first-order chi connectivity index (χ1) is 14.8. The van der Waals surface area contributed by atoms with Gasteiger partial charge in [-0.1, -0.05) is 55.0 Å². The first kappa shape index (κ1) is 20.8. The molecule has 2 aromatic carbocycles. The molecule has 1 aromatic heterocycles. The van der Waals surface area contributed by atoms with Gasteiger partial charge in [0.05, 0.1) is 0 Å². The molecule has 0 unspecified atom stereocenters. The van der Waals surface area contributed by atoms with Crippen molar-refractivity contribution in [2.45, 2.75) is 37.5 Å². The van der Waals surface area contributed by atoms with E-state index < -0.39 is 23.1 Å². The number of para-hydroxylation sites is 1. The highest BCUT2D eigenvalue weighted by molar-refractivity contribution is 5.95. The second-order valence-electron chi connectivity index (χ2n) is 7.62. The molecule has 0 saturated heterocycles. The van der Waals surface area contributed by atoms with Crippen LogP contribution in [0.3, 0.4) is 0 Å². The fourth-order valence-electron chi connectivity index (χ4n) is 3.99. The van der Waals surface area contributed by atoms with Crippen LogP contribution in [0.1, 0.15) is 41.7 Å². The molecular formula is C23H19F3N2O3. The lowest BCUT2D eigenvalue weighted by atomic mass is 9.61. The molecule has 1 heterocycles. The molecule has 0 bridgehead atoms. The molecule has 4 rings (SSSR count). The summed E-state index contributed by atoms with van der Waals surface area (Å²) in [5.41, 5.74) is -0.267. The Balaban J connectivity index is 1.66. The molecule has 5 nitrogen and oxygen atoms in total. The molecule has 1 saturated carbocycles. The van der Waals surface area contributed by atoms with Gasteiger partial charge >= 0.3 is 6.36 Å². The maximum Gasteiger partial charge on any atom is 0.573 e. The van der Waals surface area contributed by atoms with Crippen molar-refractivity contribution in [3.63, 3.8) is 0 Å². The van der Waals surface area contributed by atoms with Crippen LogP contribution in [0, 0.1) is 0 Å². The maximum atomic E-state index is 13.1. The number of halogens is 3. The van der Waals surface area contributed by atoms with Gasteiger partial charge < -0.3 is 9.72 Å². The minimum atomic E-state index is -4.83. The molecule has 1 N–H and O–H groups in total. The number of Topliss-reactive ketones (excluding diaryl/α,β-unsaturated/α-hetero) is 1. The van der Waals surface area contributed by atoms with Crippen LogP contribution in [-0.4, -0.2) is 22.1 Å². The molecule has 0 aliphatic heterocycles. The average Bonchev–Trinajstić information content (AvgIpc) is 2.70. The van der Waals surface area contributed by atoms with Gasteiger partial charge in [0, 0.05) is 29.0 Å². The van der Waals surface area contributed by atoms with Gasteiger partial charge in [0.15, 0.2) is 5.78 Å². The number of H-pyrrole nitrogens is 1. The Morgan fingerprint density at radius 1 is 1.06 bits per heavy atom. The number of benzene rings is 2. The molecule has 31 heavy (non-hydrogen) atoms. The van der Waals surface area contributed by atoms with Crippen LogP contribution in [0.15, 0.2) is 65.5 Å². The van der Waals surface area contributed by atoms with Crippen molar-refractivity contribution in [1.82, 2.24) is 9.97 Å². The van der Waals surface area contributed by atoms with Gasteiger partial charge in [0.25, 0.3) is 5.56 Å². The SMILES string of the molecule is O=C(CC1(c2ccccc2OC(F)(F)F)CCC1)c1cc(=O)[nH]c(-c2ccccc2)n1. The lowest BCUT2D eigenvalue weighted by Gasteiger charge is -2.42. The van der Waals surface area contributed by atoms with Crippen LogP contribution in [-0.2, 0) is 5.41 Å². The lowest BCUT2D eigenvalue weighted by Crippen LogP contribution is -2.38. The third kappa shape index (κ3) is 4.52. The minimum Gasteiger partial charge on any atom is -0.405 e. The van der Waals surface area contributed by atoms with Crippen LogP contribution in [0.5, 0.6) is 5.75 Å². The van der Waals surface area contributed by atoms with Crippen LogP contribution >= 0.6 is 0 Å². The van der Waals surface area contributed by atoms with Crippen molar-refractivity contribution in [2.24, 2.45) is 0 Å². The first-order valence-corrected chi connectivity index (χ1v) is 9.81. The average molecular weight is 428 g/mol. The monoisotopic (exact) mass is 428 g/mol. The largest absolute Gasteiger partial charge is 0.573 e. The quantitative estimate of drug-likeness (QED) is 0.559. The topological polar surface area (TPSA) is 72.1 Å². The summed E-state index contributed by atoms with van der Waals surface area (Å²) in [7, 11) is 0. The van der Waals surface area contributed by atoms with Crippen molar-refractivity contribution >= 4 is 5.78 Å². The number of hydrogen-bond donors (Lipinski definition) is 1. The number of carbonyl (C=O) groups excluding carboxylic acids is 1. The van der Waals surface area contributed by atoms with Crippen molar-refractivity contribution in [2.75, 3.05) is 0 Å². The summed E-state index contributed by atoms with van der Waals surface area (Å²) < 4.78 is 42.8. The maximum absolute atomic E-state index is 13.1. The number of carbonyl (C=O) groups is 1. The normalized spacial score (nSPS) is 15.2. The standard InChI is InChI=1S/C23H19F3N2O3/c24-23(25,26)31-19-10-5-4-9-16(19)22(11-6-12-22)14-18(29)17-13-20(30)28-21(27-17)15-7-2-1-3-8-15/h1-5,7-10,13H,6,11-12,14H2,(H,27,28,30). The third-order valence-electron chi connectivity index (χ3n) is 5.57. The zero-order valence-electron chi connectivity index (χ0n) is 16.4. The number of ketones is 1. The summed E-state index contributed by atoms with van der Waals surface area (Å²) in [6.07, 6.45) is -3.01. The summed E-state index contributed by atoms with van der Waals surface area (Å²) in [5.74, 6) is -0.434. The van der Waals surface area contributed by atoms with E-state index in [2.05, 4.69) is 14.7 Å². The van der Waals surface area contributed by atoms with E-state index in [-0.39, 0.29) is 23.7 Å². The summed E-state index contributed by atoms with van der Waals surface area (Å²) >= 11 is 0.